The van der Waals surface area contributed by atoms with Gasteiger partial charge in [0, 0.05) is 0 Å². The highest BCUT2D eigenvalue weighted by Gasteiger charge is 2.30. The molecule has 3 saturated carbocycles. The van der Waals surface area contributed by atoms with Crippen molar-refractivity contribution in [3.8, 4) is 0 Å². The van der Waals surface area contributed by atoms with Gasteiger partial charge < -0.3 is 0 Å². The first-order valence-electron chi connectivity index (χ1n) is 12.8. The van der Waals surface area contributed by atoms with Gasteiger partial charge in [0.1, 0.15) is 0 Å². The Hall–Kier alpha value is -1.18. The molecule has 1 aromatic rings. The fourth-order valence-corrected chi connectivity index (χ4v) is 6.60. The summed E-state index contributed by atoms with van der Waals surface area (Å²) in [6, 6.07) is 4.46. The average Bonchev–Trinajstić information content (AvgIpc) is 2.80. The first-order chi connectivity index (χ1) is 14.6. The second-order valence-corrected chi connectivity index (χ2v) is 10.5. The van der Waals surface area contributed by atoms with Crippen LogP contribution in [0.2, 0.25) is 0 Å². The molecule has 0 heterocycles. The van der Waals surface area contributed by atoms with Crippen molar-refractivity contribution >= 4 is 0 Å². The van der Waals surface area contributed by atoms with Gasteiger partial charge in [0.05, 0.1) is 0 Å². The van der Waals surface area contributed by atoms with E-state index >= 15 is 0 Å². The summed E-state index contributed by atoms with van der Waals surface area (Å²) < 4.78 is 26.7. The molecular weight excluding hydrogens is 374 g/mol. The van der Waals surface area contributed by atoms with Crippen molar-refractivity contribution in [3.63, 3.8) is 0 Å². The van der Waals surface area contributed by atoms with Crippen LogP contribution in [0.3, 0.4) is 0 Å². The van der Waals surface area contributed by atoms with Gasteiger partial charge in [-0.25, -0.2) is 8.78 Å². The number of hydrogen-bond donors (Lipinski definition) is 0. The number of hydrogen-bond acceptors (Lipinski definition) is 0. The van der Waals surface area contributed by atoms with Crippen molar-refractivity contribution in [3.05, 3.63) is 47.5 Å². The molecule has 0 nitrogen and oxygen atoms in total. The third kappa shape index (κ3) is 5.54. The van der Waals surface area contributed by atoms with Crippen LogP contribution in [0.4, 0.5) is 8.78 Å². The van der Waals surface area contributed by atoms with Crippen molar-refractivity contribution < 1.29 is 8.78 Å². The van der Waals surface area contributed by atoms with Gasteiger partial charge in [-0.15, -0.1) is 0 Å². The highest BCUT2D eigenvalue weighted by Crippen LogP contribution is 2.43. The minimum Gasteiger partial charge on any atom is -0.204 e. The topological polar surface area (TPSA) is 0 Å². The van der Waals surface area contributed by atoms with E-state index < -0.39 is 11.6 Å². The van der Waals surface area contributed by atoms with Crippen molar-refractivity contribution in [1.29, 1.82) is 0 Å². The van der Waals surface area contributed by atoms with E-state index in [-0.39, 0.29) is 0 Å². The Bertz CT molecular complexity index is 685. The van der Waals surface area contributed by atoms with Gasteiger partial charge in [0.25, 0.3) is 0 Å². The first kappa shape index (κ1) is 22.0. The molecule has 2 heteroatoms. The van der Waals surface area contributed by atoms with Crippen molar-refractivity contribution in [2.45, 2.75) is 96.3 Å². The summed E-state index contributed by atoms with van der Waals surface area (Å²) in [7, 11) is 0. The molecule has 0 atom stereocenters. The third-order valence-corrected chi connectivity index (χ3v) is 8.79. The smallest absolute Gasteiger partial charge is 0.159 e. The molecule has 1 aromatic carbocycles. The molecule has 0 N–H and O–H groups in total. The zero-order chi connectivity index (χ0) is 20.9. The molecule has 0 radical (unpaired) electrons. The predicted octanol–water partition coefficient (Wildman–Crippen LogP) is 8.82. The molecule has 30 heavy (non-hydrogen) atoms. The van der Waals surface area contributed by atoms with Crippen molar-refractivity contribution in [2.24, 2.45) is 29.6 Å². The molecular formula is C28H40F2. The van der Waals surface area contributed by atoms with Crippen LogP contribution in [0.15, 0.2) is 30.4 Å². The first-order valence-corrected chi connectivity index (χ1v) is 12.8. The Kier molecular flexibility index (Phi) is 7.65. The Labute approximate surface area is 182 Å². The predicted molar refractivity (Wildman–Crippen MR) is 121 cm³/mol. The fourth-order valence-electron chi connectivity index (χ4n) is 6.60. The van der Waals surface area contributed by atoms with Crippen LogP contribution in [0.25, 0.3) is 0 Å². The SMILES string of the molecule is CCC1CCC(C2CCC(C=CC3CCC(c4ccc(F)c(F)c4)CC3)CC2)CC1. The van der Waals surface area contributed by atoms with Gasteiger partial charge in [-0.1, -0.05) is 44.4 Å². The van der Waals surface area contributed by atoms with Crippen LogP contribution in [0.5, 0.6) is 0 Å². The van der Waals surface area contributed by atoms with Crippen molar-refractivity contribution in [1.82, 2.24) is 0 Å². The van der Waals surface area contributed by atoms with Crippen LogP contribution < -0.4 is 0 Å². The summed E-state index contributed by atoms with van der Waals surface area (Å²) in [6.45, 7) is 2.36. The van der Waals surface area contributed by atoms with Crippen LogP contribution in [-0.2, 0) is 0 Å². The quantitative estimate of drug-likeness (QED) is 0.422. The molecule has 0 aromatic heterocycles. The maximum Gasteiger partial charge on any atom is 0.159 e. The molecule has 3 aliphatic rings. The van der Waals surface area contributed by atoms with Crippen LogP contribution in [-0.4, -0.2) is 0 Å². The van der Waals surface area contributed by atoms with Gasteiger partial charge in [-0.3, -0.25) is 0 Å². The third-order valence-electron chi connectivity index (χ3n) is 8.79. The Morgan fingerprint density at radius 3 is 1.77 bits per heavy atom. The molecule has 0 unspecified atom stereocenters. The minimum atomic E-state index is -0.737. The van der Waals surface area contributed by atoms with Gasteiger partial charge in [0.2, 0.25) is 0 Å². The lowest BCUT2D eigenvalue weighted by atomic mass is 9.69. The van der Waals surface area contributed by atoms with E-state index in [1.165, 1.54) is 82.8 Å². The minimum absolute atomic E-state index is 0.392. The molecule has 0 spiro atoms. The highest BCUT2D eigenvalue weighted by molar-refractivity contribution is 5.22. The Morgan fingerprint density at radius 2 is 1.23 bits per heavy atom. The summed E-state index contributed by atoms with van der Waals surface area (Å²) in [6.07, 6.45) is 22.6. The summed E-state index contributed by atoms with van der Waals surface area (Å²) >= 11 is 0. The number of rotatable bonds is 5. The summed E-state index contributed by atoms with van der Waals surface area (Å²) in [5.41, 5.74) is 0.975. The lowest BCUT2D eigenvalue weighted by molar-refractivity contribution is 0.154. The number of allylic oxidation sites excluding steroid dienone is 2. The van der Waals surface area contributed by atoms with Gasteiger partial charge in [-0.05, 0) is 117 Å². The van der Waals surface area contributed by atoms with Gasteiger partial charge in [-0.2, -0.15) is 0 Å². The van der Waals surface area contributed by atoms with E-state index in [9.17, 15) is 8.78 Å². The number of halogens is 2. The summed E-state index contributed by atoms with van der Waals surface area (Å²) in [5.74, 6) is 3.44. The maximum atomic E-state index is 13.5. The van der Waals surface area contributed by atoms with Crippen LogP contribution in [0.1, 0.15) is 102 Å². The average molecular weight is 415 g/mol. The number of benzene rings is 1. The molecule has 3 fully saturated rings. The van der Waals surface area contributed by atoms with Gasteiger partial charge >= 0.3 is 0 Å². The zero-order valence-electron chi connectivity index (χ0n) is 18.8. The molecule has 0 bridgehead atoms. The fraction of sp³-hybridized carbons (Fsp3) is 0.714. The molecule has 0 aliphatic heterocycles. The molecule has 0 saturated heterocycles. The Morgan fingerprint density at radius 1 is 0.700 bits per heavy atom. The van der Waals surface area contributed by atoms with E-state index in [1.807, 2.05) is 0 Å². The second-order valence-electron chi connectivity index (χ2n) is 10.5. The second kappa shape index (κ2) is 10.4. The summed E-state index contributed by atoms with van der Waals surface area (Å²) in [4.78, 5) is 0. The van der Waals surface area contributed by atoms with E-state index in [0.717, 1.165) is 42.1 Å². The largest absolute Gasteiger partial charge is 0.204 e. The monoisotopic (exact) mass is 414 g/mol. The summed E-state index contributed by atoms with van der Waals surface area (Å²) in [5, 5.41) is 0. The molecule has 4 rings (SSSR count). The zero-order valence-corrected chi connectivity index (χ0v) is 18.8. The van der Waals surface area contributed by atoms with Crippen LogP contribution >= 0.6 is 0 Å². The van der Waals surface area contributed by atoms with Crippen LogP contribution in [0, 0.1) is 41.2 Å². The standard InChI is InChI=1S/C28H40F2/c1-2-20-5-11-23(12-6-20)24-13-7-21(8-14-24)3-4-22-9-15-25(16-10-22)26-17-18-27(29)28(30)19-26/h3-4,17-25H,2,5-16H2,1H3. The van der Waals surface area contributed by atoms with E-state index in [0.29, 0.717) is 11.8 Å². The van der Waals surface area contributed by atoms with E-state index in [1.54, 1.807) is 6.07 Å². The van der Waals surface area contributed by atoms with Crippen molar-refractivity contribution in [2.75, 3.05) is 0 Å². The lowest BCUT2D eigenvalue weighted by Gasteiger charge is -2.37. The lowest BCUT2D eigenvalue weighted by Crippen LogP contribution is -2.25. The van der Waals surface area contributed by atoms with Gasteiger partial charge in [0.15, 0.2) is 11.6 Å². The molecule has 166 valence electrons. The van der Waals surface area contributed by atoms with E-state index in [4.69, 9.17) is 0 Å². The molecule has 3 aliphatic carbocycles. The normalized spacial score (nSPS) is 35.6. The highest BCUT2D eigenvalue weighted by atomic mass is 19.2. The maximum absolute atomic E-state index is 13.5. The molecule has 0 amide bonds. The Balaban J connectivity index is 1.18. The van der Waals surface area contributed by atoms with E-state index in [2.05, 4.69) is 19.1 Å².